The number of likely N-dealkylation sites (N-methyl/N-ethyl adjacent to an activating group) is 1. The van der Waals surface area contributed by atoms with Crippen molar-refractivity contribution >= 4 is 33.2 Å². The lowest BCUT2D eigenvalue weighted by molar-refractivity contribution is -0.140. The maximum Gasteiger partial charge on any atom is 0.253 e. The summed E-state index contributed by atoms with van der Waals surface area (Å²) >= 11 is 4.99. The molecule has 90 valence electrons. The lowest BCUT2D eigenvalue weighted by atomic mass is 10.3. The van der Waals surface area contributed by atoms with Gasteiger partial charge in [-0.05, 0) is 22.0 Å². The van der Waals surface area contributed by atoms with Crippen molar-refractivity contribution in [1.82, 2.24) is 4.90 Å². The van der Waals surface area contributed by atoms with Gasteiger partial charge in [-0.25, -0.2) is 0 Å². The van der Waals surface area contributed by atoms with Gasteiger partial charge in [0.1, 0.15) is 6.10 Å². The van der Waals surface area contributed by atoms with Crippen molar-refractivity contribution in [1.29, 1.82) is 0 Å². The van der Waals surface area contributed by atoms with Crippen molar-refractivity contribution in [3.63, 3.8) is 0 Å². The topological polar surface area (TPSA) is 55.6 Å². The first-order valence-electron chi connectivity index (χ1n) is 4.79. The van der Waals surface area contributed by atoms with Crippen LogP contribution in [0.15, 0.2) is 15.9 Å². The molecule has 0 saturated carbocycles. The Hall–Kier alpha value is -0.430. The van der Waals surface area contributed by atoms with Crippen LogP contribution in [0.25, 0.3) is 0 Å². The Labute approximate surface area is 108 Å². The molecule has 1 aromatic rings. The molecule has 0 bridgehead atoms. The van der Waals surface area contributed by atoms with Crippen LogP contribution in [0.4, 0.5) is 0 Å². The van der Waals surface area contributed by atoms with Crippen molar-refractivity contribution in [2.45, 2.75) is 12.6 Å². The highest BCUT2D eigenvalue weighted by Gasteiger charge is 2.20. The Morgan fingerprint density at radius 1 is 1.75 bits per heavy atom. The largest absolute Gasteiger partial charge is 0.370 e. The molecule has 2 N–H and O–H groups in total. The fourth-order valence-corrected chi connectivity index (χ4v) is 2.80. The van der Waals surface area contributed by atoms with E-state index >= 15 is 0 Å². The van der Waals surface area contributed by atoms with Crippen LogP contribution in [-0.4, -0.2) is 37.6 Å². The number of rotatable bonds is 5. The standard InChI is InChI=1S/C10H15BrN2O2S/c1-13(10(14)9(4-12)15-2)5-8-3-7(11)6-16-8/h3,6,9H,4-5,12H2,1-2H3. The number of hydrogen-bond acceptors (Lipinski definition) is 4. The highest BCUT2D eigenvalue weighted by molar-refractivity contribution is 9.10. The Kier molecular flexibility index (Phi) is 5.40. The molecule has 1 amide bonds. The second-order valence-corrected chi connectivity index (χ2v) is 5.30. The summed E-state index contributed by atoms with van der Waals surface area (Å²) in [5, 5.41) is 1.99. The Bertz CT molecular complexity index is 352. The molecule has 1 atom stereocenters. The first kappa shape index (κ1) is 13.6. The van der Waals surface area contributed by atoms with Crippen molar-refractivity contribution < 1.29 is 9.53 Å². The van der Waals surface area contributed by atoms with Crippen LogP contribution in [-0.2, 0) is 16.1 Å². The number of methoxy groups -OCH3 is 1. The summed E-state index contributed by atoms with van der Waals surface area (Å²) < 4.78 is 6.04. The van der Waals surface area contributed by atoms with Gasteiger partial charge in [0.15, 0.2) is 0 Å². The van der Waals surface area contributed by atoms with E-state index in [2.05, 4.69) is 15.9 Å². The minimum absolute atomic E-state index is 0.0884. The first-order chi connectivity index (χ1) is 7.58. The van der Waals surface area contributed by atoms with Crippen LogP contribution < -0.4 is 5.73 Å². The van der Waals surface area contributed by atoms with Gasteiger partial charge in [-0.3, -0.25) is 4.79 Å². The van der Waals surface area contributed by atoms with Crippen LogP contribution >= 0.6 is 27.3 Å². The molecule has 1 heterocycles. The molecule has 0 fully saturated rings. The van der Waals surface area contributed by atoms with Crippen LogP contribution in [0.5, 0.6) is 0 Å². The number of amides is 1. The molecule has 1 aromatic heterocycles. The van der Waals surface area contributed by atoms with E-state index in [1.54, 1.807) is 23.3 Å². The Morgan fingerprint density at radius 3 is 2.88 bits per heavy atom. The van der Waals surface area contributed by atoms with Crippen LogP contribution in [0.2, 0.25) is 0 Å². The summed E-state index contributed by atoms with van der Waals surface area (Å²) in [6, 6.07) is 2.00. The highest BCUT2D eigenvalue weighted by atomic mass is 79.9. The van der Waals surface area contributed by atoms with E-state index < -0.39 is 6.10 Å². The zero-order valence-corrected chi connectivity index (χ0v) is 11.7. The molecule has 0 spiro atoms. The quantitative estimate of drug-likeness (QED) is 0.895. The van der Waals surface area contributed by atoms with E-state index in [4.69, 9.17) is 10.5 Å². The molecule has 0 radical (unpaired) electrons. The molecule has 0 aliphatic carbocycles. The highest BCUT2D eigenvalue weighted by Crippen LogP contribution is 2.21. The molecule has 0 saturated heterocycles. The number of halogens is 1. The van der Waals surface area contributed by atoms with E-state index in [0.717, 1.165) is 9.35 Å². The fourth-order valence-electron chi connectivity index (χ4n) is 1.29. The van der Waals surface area contributed by atoms with Crippen molar-refractivity contribution in [3.05, 3.63) is 20.8 Å². The average Bonchev–Trinajstić information content (AvgIpc) is 2.65. The van der Waals surface area contributed by atoms with Crippen LogP contribution in [0, 0.1) is 0 Å². The zero-order chi connectivity index (χ0) is 12.1. The average molecular weight is 307 g/mol. The lowest BCUT2D eigenvalue weighted by Crippen LogP contribution is -2.41. The summed E-state index contributed by atoms with van der Waals surface area (Å²) in [5.41, 5.74) is 5.44. The summed E-state index contributed by atoms with van der Waals surface area (Å²) in [4.78, 5) is 14.6. The summed E-state index contributed by atoms with van der Waals surface area (Å²) in [7, 11) is 3.24. The van der Waals surface area contributed by atoms with E-state index in [0.29, 0.717) is 6.54 Å². The second kappa shape index (κ2) is 6.34. The molecule has 6 heteroatoms. The smallest absolute Gasteiger partial charge is 0.253 e. The molecule has 0 aliphatic rings. The molecular formula is C10H15BrN2O2S. The number of hydrogen-bond donors (Lipinski definition) is 1. The molecule has 0 aromatic carbocycles. The number of nitrogens with zero attached hydrogens (tertiary/aromatic N) is 1. The van der Waals surface area contributed by atoms with E-state index in [9.17, 15) is 4.79 Å². The van der Waals surface area contributed by atoms with Gasteiger partial charge < -0.3 is 15.4 Å². The van der Waals surface area contributed by atoms with Gasteiger partial charge in [0.05, 0.1) is 6.54 Å². The van der Waals surface area contributed by atoms with Gasteiger partial charge in [0.25, 0.3) is 5.91 Å². The third-order valence-corrected chi connectivity index (χ3v) is 3.85. The zero-order valence-electron chi connectivity index (χ0n) is 9.27. The molecule has 1 unspecified atom stereocenters. The third kappa shape index (κ3) is 3.55. The minimum Gasteiger partial charge on any atom is -0.370 e. The van der Waals surface area contributed by atoms with Crippen molar-refractivity contribution in [2.75, 3.05) is 20.7 Å². The number of carbonyl (C=O) groups excluding carboxylic acids is 1. The lowest BCUT2D eigenvalue weighted by Gasteiger charge is -2.21. The first-order valence-corrected chi connectivity index (χ1v) is 6.46. The molecule has 1 rings (SSSR count). The van der Waals surface area contributed by atoms with E-state index in [1.807, 2.05) is 11.4 Å². The molecule has 4 nitrogen and oxygen atoms in total. The van der Waals surface area contributed by atoms with E-state index in [1.165, 1.54) is 7.11 Å². The van der Waals surface area contributed by atoms with Crippen molar-refractivity contribution in [2.24, 2.45) is 5.73 Å². The summed E-state index contributed by atoms with van der Waals surface area (Å²) in [5.74, 6) is -0.0884. The SMILES string of the molecule is COC(CN)C(=O)N(C)Cc1cc(Br)cs1. The van der Waals surface area contributed by atoms with Gasteiger partial charge in [-0.15, -0.1) is 11.3 Å². The normalized spacial score (nSPS) is 12.5. The monoisotopic (exact) mass is 306 g/mol. The fraction of sp³-hybridized carbons (Fsp3) is 0.500. The predicted molar refractivity (Wildman–Crippen MR) is 68.3 cm³/mol. The van der Waals surface area contributed by atoms with Gasteiger partial charge in [0, 0.05) is 35.4 Å². The number of thiophene rings is 1. The number of ether oxygens (including phenoxy) is 1. The number of nitrogens with two attached hydrogens (primary N) is 1. The molecular weight excluding hydrogens is 292 g/mol. The van der Waals surface area contributed by atoms with Crippen molar-refractivity contribution in [3.8, 4) is 0 Å². The van der Waals surface area contributed by atoms with Crippen LogP contribution in [0.1, 0.15) is 4.88 Å². The number of carbonyl (C=O) groups is 1. The summed E-state index contributed by atoms with van der Waals surface area (Å²) in [6.45, 7) is 0.781. The van der Waals surface area contributed by atoms with Crippen LogP contribution in [0.3, 0.4) is 0 Å². The Balaban J connectivity index is 2.57. The molecule has 0 aliphatic heterocycles. The minimum atomic E-state index is -0.548. The van der Waals surface area contributed by atoms with Gasteiger partial charge >= 0.3 is 0 Å². The van der Waals surface area contributed by atoms with Gasteiger partial charge in [-0.2, -0.15) is 0 Å². The predicted octanol–water partition coefficient (Wildman–Crippen LogP) is 1.44. The van der Waals surface area contributed by atoms with E-state index in [-0.39, 0.29) is 12.5 Å². The maximum absolute atomic E-state index is 11.8. The maximum atomic E-state index is 11.8. The van der Waals surface area contributed by atoms with Gasteiger partial charge in [-0.1, -0.05) is 0 Å². The summed E-state index contributed by atoms with van der Waals surface area (Å²) in [6.07, 6.45) is -0.548. The van der Waals surface area contributed by atoms with Gasteiger partial charge in [0.2, 0.25) is 0 Å². The molecule has 16 heavy (non-hydrogen) atoms. The third-order valence-electron chi connectivity index (χ3n) is 2.17. The Morgan fingerprint density at radius 2 is 2.44 bits per heavy atom. The second-order valence-electron chi connectivity index (χ2n) is 3.39.